The molecule has 0 spiro atoms. The monoisotopic (exact) mass is 339 g/mol. The summed E-state index contributed by atoms with van der Waals surface area (Å²) in [6.07, 6.45) is 10.5. The van der Waals surface area contributed by atoms with Gasteiger partial charge >= 0.3 is 0 Å². The summed E-state index contributed by atoms with van der Waals surface area (Å²) < 4.78 is 11.1. The van der Waals surface area contributed by atoms with E-state index in [1.54, 1.807) is 0 Å². The normalized spacial score (nSPS) is 22.2. The fourth-order valence-corrected chi connectivity index (χ4v) is 3.56. The minimum atomic E-state index is 0.604. The molecule has 1 aliphatic carbocycles. The lowest BCUT2D eigenvalue weighted by Gasteiger charge is -2.13. The van der Waals surface area contributed by atoms with Gasteiger partial charge in [0.15, 0.2) is 5.96 Å². The van der Waals surface area contributed by atoms with E-state index in [1.807, 2.05) is 0 Å². The first-order valence-corrected chi connectivity index (χ1v) is 10.1. The van der Waals surface area contributed by atoms with Gasteiger partial charge in [0.1, 0.15) is 0 Å². The molecule has 2 aliphatic rings. The van der Waals surface area contributed by atoms with Gasteiger partial charge in [-0.1, -0.05) is 25.7 Å². The smallest absolute Gasteiger partial charge is 0.191 e. The van der Waals surface area contributed by atoms with Gasteiger partial charge in [0, 0.05) is 38.8 Å². The van der Waals surface area contributed by atoms with E-state index < -0.39 is 0 Å². The highest BCUT2D eigenvalue weighted by molar-refractivity contribution is 5.79. The van der Waals surface area contributed by atoms with Gasteiger partial charge in [-0.05, 0) is 38.5 Å². The van der Waals surface area contributed by atoms with Crippen molar-refractivity contribution in [2.45, 2.75) is 58.3 Å². The second-order valence-corrected chi connectivity index (χ2v) is 7.14. The van der Waals surface area contributed by atoms with Gasteiger partial charge in [0.2, 0.25) is 0 Å². The molecule has 0 aromatic carbocycles. The van der Waals surface area contributed by atoms with Crippen molar-refractivity contribution in [2.75, 3.05) is 46.1 Å². The minimum absolute atomic E-state index is 0.604. The number of nitrogens with zero attached hydrogens (tertiary/aromatic N) is 1. The summed E-state index contributed by atoms with van der Waals surface area (Å²) in [5.41, 5.74) is 0. The Hall–Kier alpha value is -0.810. The molecule has 1 saturated heterocycles. The zero-order valence-electron chi connectivity index (χ0n) is 15.5. The molecule has 0 amide bonds. The molecule has 1 atom stereocenters. The summed E-state index contributed by atoms with van der Waals surface area (Å²) in [7, 11) is 0. The van der Waals surface area contributed by atoms with Crippen LogP contribution in [-0.2, 0) is 9.47 Å². The summed E-state index contributed by atoms with van der Waals surface area (Å²) in [4.78, 5) is 4.64. The van der Waals surface area contributed by atoms with Crippen LogP contribution in [0.25, 0.3) is 0 Å². The molecule has 140 valence electrons. The van der Waals surface area contributed by atoms with Gasteiger partial charge in [-0.15, -0.1) is 0 Å². The van der Waals surface area contributed by atoms with Crippen LogP contribution < -0.4 is 10.6 Å². The van der Waals surface area contributed by atoms with Crippen LogP contribution in [0.1, 0.15) is 58.3 Å². The maximum absolute atomic E-state index is 5.72. The Morgan fingerprint density at radius 2 is 2.00 bits per heavy atom. The van der Waals surface area contributed by atoms with Crippen LogP contribution in [0.4, 0.5) is 0 Å². The molecule has 2 fully saturated rings. The molecule has 1 aliphatic heterocycles. The third kappa shape index (κ3) is 8.34. The molecule has 1 unspecified atom stereocenters. The number of nitrogens with one attached hydrogen (secondary N) is 2. The van der Waals surface area contributed by atoms with E-state index in [1.165, 1.54) is 38.5 Å². The van der Waals surface area contributed by atoms with Gasteiger partial charge in [-0.3, -0.25) is 4.99 Å². The molecule has 2 N–H and O–H groups in total. The van der Waals surface area contributed by atoms with Crippen LogP contribution in [0.3, 0.4) is 0 Å². The van der Waals surface area contributed by atoms with E-state index in [0.717, 1.165) is 70.8 Å². The molecule has 24 heavy (non-hydrogen) atoms. The van der Waals surface area contributed by atoms with Crippen LogP contribution in [-0.4, -0.2) is 52.0 Å². The Morgan fingerprint density at radius 1 is 1.12 bits per heavy atom. The number of aliphatic imine (C=N–C) groups is 1. The molecule has 1 heterocycles. The Balaban J connectivity index is 1.48. The predicted molar refractivity (Wildman–Crippen MR) is 99.5 cm³/mol. The largest absolute Gasteiger partial charge is 0.381 e. The summed E-state index contributed by atoms with van der Waals surface area (Å²) >= 11 is 0. The topological polar surface area (TPSA) is 54.9 Å². The first-order chi connectivity index (χ1) is 11.9. The third-order valence-corrected chi connectivity index (χ3v) is 4.99. The molecule has 0 bridgehead atoms. The number of guanidine groups is 1. The lowest BCUT2D eigenvalue weighted by atomic mass is 10.0. The summed E-state index contributed by atoms with van der Waals surface area (Å²) in [6, 6.07) is 0. The molecule has 0 aromatic rings. The predicted octanol–water partition coefficient (Wildman–Crippen LogP) is 2.96. The van der Waals surface area contributed by atoms with Gasteiger partial charge in [-0.25, -0.2) is 0 Å². The maximum atomic E-state index is 5.72. The van der Waals surface area contributed by atoms with Crippen LogP contribution in [0.15, 0.2) is 4.99 Å². The number of ether oxygens (including phenoxy) is 2. The van der Waals surface area contributed by atoms with Crippen LogP contribution in [0.5, 0.6) is 0 Å². The summed E-state index contributed by atoms with van der Waals surface area (Å²) in [5.74, 6) is 2.54. The van der Waals surface area contributed by atoms with Gasteiger partial charge in [-0.2, -0.15) is 0 Å². The van der Waals surface area contributed by atoms with Crippen molar-refractivity contribution in [3.63, 3.8) is 0 Å². The highest BCUT2D eigenvalue weighted by atomic mass is 16.5. The summed E-state index contributed by atoms with van der Waals surface area (Å²) in [6.45, 7) is 8.27. The lowest BCUT2D eigenvalue weighted by Crippen LogP contribution is -2.38. The average molecular weight is 340 g/mol. The Kier molecular flexibility index (Phi) is 10.2. The van der Waals surface area contributed by atoms with E-state index in [9.17, 15) is 0 Å². The van der Waals surface area contributed by atoms with E-state index in [4.69, 9.17) is 9.47 Å². The van der Waals surface area contributed by atoms with Crippen molar-refractivity contribution >= 4 is 5.96 Å². The first kappa shape index (κ1) is 19.5. The van der Waals surface area contributed by atoms with E-state index in [0.29, 0.717) is 5.92 Å². The fourth-order valence-electron chi connectivity index (χ4n) is 3.56. The zero-order chi connectivity index (χ0) is 16.9. The van der Waals surface area contributed by atoms with Crippen molar-refractivity contribution in [1.29, 1.82) is 0 Å². The Morgan fingerprint density at radius 3 is 2.75 bits per heavy atom. The van der Waals surface area contributed by atoms with Crippen molar-refractivity contribution in [3.8, 4) is 0 Å². The summed E-state index contributed by atoms with van der Waals surface area (Å²) in [5, 5.41) is 6.79. The standard InChI is InChI=1S/C19H37N3O2/c1-2-20-19(21-11-5-9-17-7-3-4-8-17)22-12-6-13-23-15-18-10-14-24-16-18/h17-18H,2-16H2,1H3,(H2,20,21,22). The van der Waals surface area contributed by atoms with Crippen molar-refractivity contribution < 1.29 is 9.47 Å². The van der Waals surface area contributed by atoms with E-state index in [2.05, 4.69) is 22.5 Å². The molecular weight excluding hydrogens is 302 g/mol. The van der Waals surface area contributed by atoms with Crippen molar-refractivity contribution in [2.24, 2.45) is 16.8 Å². The van der Waals surface area contributed by atoms with Crippen molar-refractivity contribution in [3.05, 3.63) is 0 Å². The molecule has 1 saturated carbocycles. The SMILES string of the molecule is CCNC(=NCCCOCC1CCOC1)NCCCC1CCCC1. The first-order valence-electron chi connectivity index (χ1n) is 10.1. The average Bonchev–Trinajstić information content (AvgIpc) is 3.28. The quantitative estimate of drug-likeness (QED) is 0.345. The molecule has 5 heteroatoms. The van der Waals surface area contributed by atoms with Crippen LogP contribution in [0.2, 0.25) is 0 Å². The Labute approximate surface area is 148 Å². The third-order valence-electron chi connectivity index (χ3n) is 4.99. The lowest BCUT2D eigenvalue weighted by molar-refractivity contribution is 0.0893. The minimum Gasteiger partial charge on any atom is -0.381 e. The second-order valence-electron chi connectivity index (χ2n) is 7.14. The molecule has 2 rings (SSSR count). The number of hydrogen-bond acceptors (Lipinski definition) is 3. The van der Waals surface area contributed by atoms with E-state index in [-0.39, 0.29) is 0 Å². The van der Waals surface area contributed by atoms with Crippen LogP contribution in [0, 0.1) is 11.8 Å². The van der Waals surface area contributed by atoms with Crippen molar-refractivity contribution in [1.82, 2.24) is 10.6 Å². The number of hydrogen-bond donors (Lipinski definition) is 2. The van der Waals surface area contributed by atoms with Gasteiger partial charge in [0.05, 0.1) is 13.2 Å². The van der Waals surface area contributed by atoms with Gasteiger partial charge < -0.3 is 20.1 Å². The number of rotatable bonds is 11. The molecular formula is C19H37N3O2. The molecule has 5 nitrogen and oxygen atoms in total. The molecule has 0 radical (unpaired) electrons. The maximum Gasteiger partial charge on any atom is 0.191 e. The zero-order valence-corrected chi connectivity index (χ0v) is 15.5. The van der Waals surface area contributed by atoms with Gasteiger partial charge in [0.25, 0.3) is 0 Å². The van der Waals surface area contributed by atoms with Crippen LogP contribution >= 0.6 is 0 Å². The second kappa shape index (κ2) is 12.5. The highest BCUT2D eigenvalue weighted by Crippen LogP contribution is 2.28. The fraction of sp³-hybridized carbons (Fsp3) is 0.947. The molecule has 0 aromatic heterocycles. The highest BCUT2D eigenvalue weighted by Gasteiger charge is 2.15. The van der Waals surface area contributed by atoms with E-state index >= 15 is 0 Å². The Bertz CT molecular complexity index is 338.